The Morgan fingerprint density at radius 1 is 1.11 bits per heavy atom. The van der Waals surface area contributed by atoms with Crippen molar-refractivity contribution in [1.29, 1.82) is 0 Å². The van der Waals surface area contributed by atoms with Crippen molar-refractivity contribution in [3.63, 3.8) is 0 Å². The average Bonchev–Trinajstić information content (AvgIpc) is 2.81. The predicted octanol–water partition coefficient (Wildman–Crippen LogP) is 4.73. The van der Waals surface area contributed by atoms with Crippen LogP contribution in [0.2, 0.25) is 0 Å². The maximum absolute atomic E-state index is 5.41. The summed E-state index contributed by atoms with van der Waals surface area (Å²) in [5.41, 5.74) is 2.04. The van der Waals surface area contributed by atoms with Crippen LogP contribution in [-0.2, 0) is 0 Å². The van der Waals surface area contributed by atoms with Crippen LogP contribution < -0.4 is 4.74 Å². The minimum absolute atomic E-state index is 0.837. The number of halogens is 1. The van der Waals surface area contributed by atoms with Gasteiger partial charge in [-0.15, -0.1) is 11.3 Å². The summed E-state index contributed by atoms with van der Waals surface area (Å²) in [5.74, 6) is 0.837. The largest absolute Gasteiger partial charge is 0.496 e. The summed E-state index contributed by atoms with van der Waals surface area (Å²) in [6.07, 6.45) is 0. The van der Waals surface area contributed by atoms with E-state index in [1.807, 2.05) is 36.4 Å². The number of nitrogens with zero attached hydrogens (tertiary/aromatic N) is 1. The molecule has 0 fully saturated rings. The molecule has 4 heteroatoms. The van der Waals surface area contributed by atoms with Crippen molar-refractivity contribution < 1.29 is 4.74 Å². The SMILES string of the molecule is COc1cccc(Br)c1-c1nc2ccccc2s1. The lowest BCUT2D eigenvalue weighted by molar-refractivity contribution is 0.416. The van der Waals surface area contributed by atoms with Gasteiger partial charge in [0.15, 0.2) is 0 Å². The van der Waals surface area contributed by atoms with Gasteiger partial charge in [-0.05, 0) is 40.2 Å². The highest BCUT2D eigenvalue weighted by Gasteiger charge is 2.14. The number of ether oxygens (including phenoxy) is 1. The predicted molar refractivity (Wildman–Crippen MR) is 79.3 cm³/mol. The molecule has 0 spiro atoms. The van der Waals surface area contributed by atoms with Crippen LogP contribution in [0, 0.1) is 0 Å². The van der Waals surface area contributed by atoms with Gasteiger partial charge in [-0.1, -0.05) is 18.2 Å². The van der Waals surface area contributed by atoms with Crippen molar-refractivity contribution in [3.05, 3.63) is 46.9 Å². The second-order valence-corrected chi connectivity index (χ2v) is 5.69. The molecule has 0 unspecified atom stereocenters. The zero-order valence-electron chi connectivity index (χ0n) is 9.68. The van der Waals surface area contributed by atoms with E-state index in [9.17, 15) is 0 Å². The number of thiazole rings is 1. The summed E-state index contributed by atoms with van der Waals surface area (Å²) < 4.78 is 7.60. The zero-order chi connectivity index (χ0) is 12.5. The number of para-hydroxylation sites is 1. The number of hydrogen-bond acceptors (Lipinski definition) is 3. The molecule has 0 atom stereocenters. The van der Waals surface area contributed by atoms with E-state index in [0.29, 0.717) is 0 Å². The minimum Gasteiger partial charge on any atom is -0.496 e. The van der Waals surface area contributed by atoms with Crippen molar-refractivity contribution in [3.8, 4) is 16.3 Å². The van der Waals surface area contributed by atoms with E-state index in [4.69, 9.17) is 4.74 Å². The normalized spacial score (nSPS) is 10.8. The van der Waals surface area contributed by atoms with Crippen LogP contribution in [0.4, 0.5) is 0 Å². The second kappa shape index (κ2) is 4.71. The lowest BCUT2D eigenvalue weighted by Crippen LogP contribution is -1.88. The van der Waals surface area contributed by atoms with E-state index < -0.39 is 0 Å². The molecule has 3 aromatic rings. The quantitative estimate of drug-likeness (QED) is 0.681. The number of methoxy groups -OCH3 is 1. The molecule has 3 rings (SSSR count). The number of benzene rings is 2. The molecule has 2 nitrogen and oxygen atoms in total. The molecule has 0 aliphatic rings. The van der Waals surface area contributed by atoms with Crippen LogP contribution in [0.25, 0.3) is 20.8 Å². The van der Waals surface area contributed by atoms with Gasteiger partial charge in [0.1, 0.15) is 10.8 Å². The van der Waals surface area contributed by atoms with Crippen molar-refractivity contribution in [2.24, 2.45) is 0 Å². The van der Waals surface area contributed by atoms with Crippen LogP contribution >= 0.6 is 27.3 Å². The van der Waals surface area contributed by atoms with Gasteiger partial charge in [0, 0.05) is 4.47 Å². The molecule has 0 aliphatic heterocycles. The van der Waals surface area contributed by atoms with Crippen molar-refractivity contribution in [1.82, 2.24) is 4.98 Å². The Bertz CT molecular complexity index is 675. The third kappa shape index (κ3) is 1.91. The fourth-order valence-corrected chi connectivity index (χ4v) is 3.56. The van der Waals surface area contributed by atoms with Crippen LogP contribution in [0.5, 0.6) is 5.75 Å². The molecule has 1 aromatic heterocycles. The molecule has 18 heavy (non-hydrogen) atoms. The van der Waals surface area contributed by atoms with Gasteiger partial charge in [0.25, 0.3) is 0 Å². The van der Waals surface area contributed by atoms with Crippen LogP contribution in [0.15, 0.2) is 46.9 Å². The van der Waals surface area contributed by atoms with Crippen LogP contribution in [0.1, 0.15) is 0 Å². The number of fused-ring (bicyclic) bond motifs is 1. The zero-order valence-corrected chi connectivity index (χ0v) is 12.1. The topological polar surface area (TPSA) is 22.1 Å². The maximum atomic E-state index is 5.41. The summed E-state index contributed by atoms with van der Waals surface area (Å²) in [7, 11) is 1.68. The van der Waals surface area contributed by atoms with Crippen molar-refractivity contribution in [2.45, 2.75) is 0 Å². The van der Waals surface area contributed by atoms with E-state index >= 15 is 0 Å². The fraction of sp³-hybridized carbons (Fsp3) is 0.0714. The van der Waals surface area contributed by atoms with Crippen LogP contribution in [-0.4, -0.2) is 12.1 Å². The smallest absolute Gasteiger partial charge is 0.130 e. The van der Waals surface area contributed by atoms with Gasteiger partial charge in [0.2, 0.25) is 0 Å². The van der Waals surface area contributed by atoms with E-state index in [1.54, 1.807) is 18.4 Å². The Morgan fingerprint density at radius 3 is 2.72 bits per heavy atom. The second-order valence-electron chi connectivity index (χ2n) is 3.80. The molecule has 0 aliphatic carbocycles. The van der Waals surface area contributed by atoms with Gasteiger partial charge >= 0.3 is 0 Å². The number of aromatic nitrogens is 1. The molecule has 2 aromatic carbocycles. The lowest BCUT2D eigenvalue weighted by Gasteiger charge is -2.07. The van der Waals surface area contributed by atoms with Gasteiger partial charge in [0.05, 0.1) is 22.9 Å². The third-order valence-electron chi connectivity index (χ3n) is 2.70. The molecule has 0 saturated carbocycles. The molecule has 0 bridgehead atoms. The Labute approximate surface area is 117 Å². The highest BCUT2D eigenvalue weighted by molar-refractivity contribution is 9.10. The lowest BCUT2D eigenvalue weighted by atomic mass is 10.2. The third-order valence-corrected chi connectivity index (χ3v) is 4.42. The van der Waals surface area contributed by atoms with Crippen molar-refractivity contribution in [2.75, 3.05) is 7.11 Å². The first kappa shape index (κ1) is 11.7. The summed E-state index contributed by atoms with van der Waals surface area (Å²) in [4.78, 5) is 4.66. The number of hydrogen-bond donors (Lipinski definition) is 0. The molecule has 1 heterocycles. The summed E-state index contributed by atoms with van der Waals surface area (Å²) in [6, 6.07) is 14.1. The Hall–Kier alpha value is -1.39. The first-order valence-corrected chi connectivity index (χ1v) is 7.09. The molecule has 0 radical (unpaired) electrons. The summed E-state index contributed by atoms with van der Waals surface area (Å²) in [6.45, 7) is 0. The number of rotatable bonds is 2. The van der Waals surface area contributed by atoms with Gasteiger partial charge < -0.3 is 4.74 Å². The van der Waals surface area contributed by atoms with Gasteiger partial charge in [-0.25, -0.2) is 4.98 Å². The Morgan fingerprint density at radius 2 is 1.94 bits per heavy atom. The molecular weight excluding hydrogens is 310 g/mol. The first-order valence-electron chi connectivity index (χ1n) is 5.48. The van der Waals surface area contributed by atoms with E-state index in [1.165, 1.54) is 4.70 Å². The monoisotopic (exact) mass is 319 g/mol. The standard InChI is InChI=1S/C14H10BrNOS/c1-17-11-7-4-5-9(15)13(11)14-16-10-6-2-3-8-12(10)18-14/h2-8H,1H3. The Balaban J connectivity index is 2.25. The van der Waals surface area contributed by atoms with E-state index in [2.05, 4.69) is 27.0 Å². The minimum atomic E-state index is 0.837. The molecule has 0 N–H and O–H groups in total. The molecular formula is C14H10BrNOS. The summed E-state index contributed by atoms with van der Waals surface area (Å²) in [5, 5.41) is 0.973. The van der Waals surface area contributed by atoms with Gasteiger partial charge in [-0.3, -0.25) is 0 Å². The first-order chi connectivity index (χ1) is 8.79. The molecule has 0 saturated heterocycles. The van der Waals surface area contributed by atoms with E-state index in [0.717, 1.165) is 26.3 Å². The molecule has 0 amide bonds. The Kier molecular flexibility index (Phi) is 3.06. The summed E-state index contributed by atoms with van der Waals surface area (Å²) >= 11 is 5.24. The van der Waals surface area contributed by atoms with Crippen LogP contribution in [0.3, 0.4) is 0 Å². The van der Waals surface area contributed by atoms with Gasteiger partial charge in [-0.2, -0.15) is 0 Å². The van der Waals surface area contributed by atoms with Crippen molar-refractivity contribution >= 4 is 37.5 Å². The van der Waals surface area contributed by atoms with E-state index in [-0.39, 0.29) is 0 Å². The average molecular weight is 320 g/mol. The highest BCUT2D eigenvalue weighted by atomic mass is 79.9. The maximum Gasteiger partial charge on any atom is 0.130 e. The molecule has 90 valence electrons. The highest BCUT2D eigenvalue weighted by Crippen LogP contribution is 2.40. The fourth-order valence-electron chi connectivity index (χ4n) is 1.86.